The van der Waals surface area contributed by atoms with Gasteiger partial charge in [-0.3, -0.25) is 4.79 Å². The molecule has 0 bridgehead atoms. The van der Waals surface area contributed by atoms with Crippen molar-refractivity contribution in [3.8, 4) is 0 Å². The van der Waals surface area contributed by atoms with Crippen LogP contribution in [0.2, 0.25) is 25.2 Å². The van der Waals surface area contributed by atoms with Gasteiger partial charge in [-0.25, -0.2) is 0 Å². The van der Waals surface area contributed by atoms with Gasteiger partial charge < -0.3 is 4.74 Å². The van der Waals surface area contributed by atoms with Gasteiger partial charge in [0.25, 0.3) is 0 Å². The monoisotopic (exact) mass is 158 g/mol. The van der Waals surface area contributed by atoms with E-state index in [4.69, 9.17) is 4.74 Å². The Morgan fingerprint density at radius 2 is 1.90 bits per heavy atom. The van der Waals surface area contributed by atoms with Gasteiger partial charge in [-0.2, -0.15) is 0 Å². The zero-order valence-corrected chi connectivity index (χ0v) is 7.97. The molecule has 0 N–H and O–H groups in total. The molecule has 1 aliphatic heterocycles. The zero-order valence-electron chi connectivity index (χ0n) is 6.97. The zero-order chi connectivity index (χ0) is 7.94. The Bertz CT molecular complexity index is 159. The summed E-state index contributed by atoms with van der Waals surface area (Å²) in [6.45, 7) is 8.59. The van der Waals surface area contributed by atoms with Gasteiger partial charge in [0.2, 0.25) is 0 Å². The highest BCUT2D eigenvalue weighted by atomic mass is 28.3. The second-order valence-corrected chi connectivity index (χ2v) is 9.34. The molecule has 1 rings (SSSR count). The topological polar surface area (TPSA) is 26.3 Å². The van der Waals surface area contributed by atoms with Crippen LogP contribution in [0.1, 0.15) is 6.92 Å². The van der Waals surface area contributed by atoms with E-state index < -0.39 is 8.07 Å². The van der Waals surface area contributed by atoms with Crippen LogP contribution in [0.5, 0.6) is 0 Å². The Kier molecular flexibility index (Phi) is 1.62. The Labute approximate surface area is 62.6 Å². The molecule has 1 heterocycles. The fourth-order valence-corrected chi connectivity index (χ4v) is 3.75. The van der Waals surface area contributed by atoms with Crippen LogP contribution in [0.3, 0.4) is 0 Å². The number of carbonyl (C=O) groups excluding carboxylic acids is 1. The normalized spacial score (nSPS) is 33.0. The summed E-state index contributed by atoms with van der Waals surface area (Å²) in [4.78, 5) is 10.9. The third-order valence-corrected chi connectivity index (χ3v) is 4.53. The van der Waals surface area contributed by atoms with Crippen LogP contribution in [0.25, 0.3) is 0 Å². The second kappa shape index (κ2) is 2.09. The van der Waals surface area contributed by atoms with Gasteiger partial charge in [0.15, 0.2) is 0 Å². The second-order valence-electron chi connectivity index (χ2n) is 3.99. The van der Waals surface area contributed by atoms with Crippen molar-refractivity contribution in [2.24, 2.45) is 0 Å². The van der Waals surface area contributed by atoms with E-state index in [2.05, 4.69) is 19.6 Å². The number of carbonyl (C=O) groups is 1. The summed E-state index contributed by atoms with van der Waals surface area (Å²) in [6.07, 6.45) is 0.180. The van der Waals surface area contributed by atoms with Crippen molar-refractivity contribution >= 4 is 14.0 Å². The van der Waals surface area contributed by atoms with Gasteiger partial charge in [-0.05, 0) is 6.92 Å². The van der Waals surface area contributed by atoms with Crippen LogP contribution in [0, 0.1) is 0 Å². The highest BCUT2D eigenvalue weighted by Gasteiger charge is 2.47. The molecule has 10 heavy (non-hydrogen) atoms. The predicted molar refractivity (Wildman–Crippen MR) is 42.7 cm³/mol. The molecule has 2 nitrogen and oxygen atoms in total. The van der Waals surface area contributed by atoms with Crippen molar-refractivity contribution in [3.05, 3.63) is 0 Å². The first kappa shape index (κ1) is 7.79. The number of cyclic esters (lactones) is 1. The highest BCUT2D eigenvalue weighted by Crippen LogP contribution is 2.36. The standard InChI is InChI=1S/C7H14O2Si/c1-5-6(7(8)9-5)10(2,3)4/h5-6H,1-4H3/t5-,6-/m0/s1. The Morgan fingerprint density at radius 3 is 2.00 bits per heavy atom. The third kappa shape index (κ3) is 1.10. The molecular formula is C7H14O2Si. The molecule has 0 saturated carbocycles. The van der Waals surface area contributed by atoms with Gasteiger partial charge in [-0.1, -0.05) is 19.6 Å². The Hall–Kier alpha value is -0.313. The van der Waals surface area contributed by atoms with Crippen LogP contribution < -0.4 is 0 Å². The number of rotatable bonds is 1. The third-order valence-electron chi connectivity index (χ3n) is 1.96. The van der Waals surface area contributed by atoms with E-state index in [1.807, 2.05) is 6.92 Å². The maximum atomic E-state index is 10.9. The fraction of sp³-hybridized carbons (Fsp3) is 0.857. The summed E-state index contributed by atoms with van der Waals surface area (Å²) < 4.78 is 4.87. The SMILES string of the molecule is C[C@@H]1OC(=O)[C@H]1[Si](C)(C)C. The largest absolute Gasteiger partial charge is 0.462 e. The molecular weight excluding hydrogens is 144 g/mol. The summed E-state index contributed by atoms with van der Waals surface area (Å²) in [5, 5.41) is 0. The summed E-state index contributed by atoms with van der Waals surface area (Å²) in [5.74, 6) is 0.0201. The highest BCUT2D eigenvalue weighted by molar-refractivity contribution is 6.81. The van der Waals surface area contributed by atoms with Gasteiger partial charge in [0.1, 0.15) is 6.10 Å². The lowest BCUT2D eigenvalue weighted by Gasteiger charge is -2.39. The van der Waals surface area contributed by atoms with Crippen molar-refractivity contribution in [1.82, 2.24) is 0 Å². The molecule has 0 spiro atoms. The molecule has 0 aromatic carbocycles. The molecule has 0 unspecified atom stereocenters. The number of esters is 1. The average Bonchev–Trinajstić information content (AvgIpc) is 1.58. The van der Waals surface area contributed by atoms with Gasteiger partial charge in [0.05, 0.1) is 13.6 Å². The van der Waals surface area contributed by atoms with Crippen molar-refractivity contribution in [2.45, 2.75) is 38.2 Å². The van der Waals surface area contributed by atoms with Crippen molar-refractivity contribution in [2.75, 3.05) is 0 Å². The van der Waals surface area contributed by atoms with E-state index in [-0.39, 0.29) is 17.6 Å². The van der Waals surface area contributed by atoms with Crippen molar-refractivity contribution in [3.63, 3.8) is 0 Å². The number of ether oxygens (including phenoxy) is 1. The first-order valence-corrected chi connectivity index (χ1v) is 7.21. The molecule has 1 saturated heterocycles. The molecule has 0 amide bonds. The van der Waals surface area contributed by atoms with Crippen LogP contribution >= 0.6 is 0 Å². The van der Waals surface area contributed by atoms with Crippen LogP contribution in [-0.4, -0.2) is 20.1 Å². The van der Waals surface area contributed by atoms with Crippen LogP contribution in [-0.2, 0) is 9.53 Å². The quantitative estimate of drug-likeness (QED) is 0.428. The number of hydrogen-bond acceptors (Lipinski definition) is 2. The lowest BCUT2D eigenvalue weighted by atomic mass is 10.2. The Balaban J connectivity index is 2.64. The molecule has 3 heteroatoms. The molecule has 0 aromatic rings. The van der Waals surface area contributed by atoms with E-state index >= 15 is 0 Å². The van der Waals surface area contributed by atoms with Gasteiger partial charge >= 0.3 is 5.97 Å². The van der Waals surface area contributed by atoms with Gasteiger partial charge in [-0.15, -0.1) is 0 Å². The smallest absolute Gasteiger partial charge is 0.310 e. The van der Waals surface area contributed by atoms with E-state index in [0.29, 0.717) is 0 Å². The van der Waals surface area contributed by atoms with Crippen molar-refractivity contribution in [1.29, 1.82) is 0 Å². The summed E-state index contributed by atoms with van der Waals surface area (Å²) in [7, 11) is -1.27. The molecule has 0 aliphatic carbocycles. The van der Waals surface area contributed by atoms with E-state index in [9.17, 15) is 4.79 Å². The molecule has 58 valence electrons. The maximum absolute atomic E-state index is 10.9. The lowest BCUT2D eigenvalue weighted by Crippen LogP contribution is -2.50. The van der Waals surface area contributed by atoms with E-state index in [1.165, 1.54) is 0 Å². The average molecular weight is 158 g/mol. The van der Waals surface area contributed by atoms with E-state index in [1.54, 1.807) is 0 Å². The van der Waals surface area contributed by atoms with Gasteiger partial charge in [0, 0.05) is 0 Å². The predicted octanol–water partition coefficient (Wildman–Crippen LogP) is 1.64. The summed E-state index contributed by atoms with van der Waals surface area (Å²) >= 11 is 0. The van der Waals surface area contributed by atoms with Crippen LogP contribution in [0.15, 0.2) is 0 Å². The van der Waals surface area contributed by atoms with Crippen LogP contribution in [0.4, 0.5) is 0 Å². The van der Waals surface area contributed by atoms with E-state index in [0.717, 1.165) is 0 Å². The maximum Gasteiger partial charge on any atom is 0.310 e. The summed E-state index contributed by atoms with van der Waals surface area (Å²) in [5.41, 5.74) is 0.243. The lowest BCUT2D eigenvalue weighted by molar-refractivity contribution is -0.167. The van der Waals surface area contributed by atoms with Crippen molar-refractivity contribution < 1.29 is 9.53 Å². The molecule has 2 atom stereocenters. The fourth-order valence-electron chi connectivity index (χ4n) is 1.50. The molecule has 0 aromatic heterocycles. The minimum absolute atomic E-state index is 0.0201. The first-order valence-electron chi connectivity index (χ1n) is 3.63. The molecule has 1 aliphatic rings. The summed E-state index contributed by atoms with van der Waals surface area (Å²) in [6, 6.07) is 0. The number of hydrogen-bond donors (Lipinski definition) is 0. The Morgan fingerprint density at radius 1 is 1.40 bits per heavy atom. The minimum Gasteiger partial charge on any atom is -0.462 e. The molecule has 1 fully saturated rings. The minimum atomic E-state index is -1.27. The first-order chi connectivity index (χ1) is 4.43. The molecule has 0 radical (unpaired) electrons.